The molecule has 0 radical (unpaired) electrons. The lowest BCUT2D eigenvalue weighted by Gasteiger charge is -2.42. The highest BCUT2D eigenvalue weighted by Gasteiger charge is 2.39. The van der Waals surface area contributed by atoms with E-state index in [1.54, 1.807) is 0 Å². The number of benzene rings is 7. The third-order valence-corrected chi connectivity index (χ3v) is 13.9. The first-order chi connectivity index (χ1) is 29.1. The van der Waals surface area contributed by atoms with Crippen molar-refractivity contribution in [2.45, 2.75) is 57.8 Å². The molecule has 2 nitrogen and oxygen atoms in total. The van der Waals surface area contributed by atoms with Crippen LogP contribution in [-0.4, -0.2) is 4.57 Å². The van der Waals surface area contributed by atoms with E-state index in [9.17, 15) is 0 Å². The van der Waals surface area contributed by atoms with E-state index in [4.69, 9.17) is 0 Å². The summed E-state index contributed by atoms with van der Waals surface area (Å²) in [5, 5.41) is 2.63. The minimum Gasteiger partial charge on any atom is -0.310 e. The molecule has 2 atom stereocenters. The van der Waals surface area contributed by atoms with Gasteiger partial charge < -0.3 is 9.47 Å². The average molecular weight is 775 g/mol. The van der Waals surface area contributed by atoms with Crippen LogP contribution in [0.1, 0.15) is 73.4 Å². The molecular formula is C58H50N2. The number of anilines is 3. The Kier molecular flexibility index (Phi) is 8.16. The first kappa shape index (κ1) is 36.4. The Bertz CT molecular complexity index is 3080. The highest BCUT2D eigenvalue weighted by atomic mass is 15.1. The maximum Gasteiger partial charge on any atom is 0.0582 e. The van der Waals surface area contributed by atoms with Crippen molar-refractivity contribution in [2.75, 3.05) is 4.90 Å². The smallest absolute Gasteiger partial charge is 0.0582 e. The van der Waals surface area contributed by atoms with Gasteiger partial charge in [-0.1, -0.05) is 155 Å². The lowest BCUT2D eigenvalue weighted by Crippen LogP contribution is -2.32. The molecule has 2 heteroatoms. The number of rotatable bonds is 6. The van der Waals surface area contributed by atoms with Crippen LogP contribution in [0.2, 0.25) is 0 Å². The van der Waals surface area contributed by atoms with E-state index in [2.05, 4.69) is 221 Å². The zero-order valence-corrected chi connectivity index (χ0v) is 35.2. The molecule has 0 saturated heterocycles. The molecule has 0 amide bonds. The van der Waals surface area contributed by atoms with Gasteiger partial charge in [-0.25, -0.2) is 0 Å². The Morgan fingerprint density at radius 3 is 1.95 bits per heavy atom. The fourth-order valence-corrected chi connectivity index (χ4v) is 10.8. The van der Waals surface area contributed by atoms with Crippen LogP contribution in [0, 0.1) is 12.8 Å². The van der Waals surface area contributed by atoms with Crippen LogP contribution in [0.5, 0.6) is 0 Å². The van der Waals surface area contributed by atoms with Gasteiger partial charge in [-0.05, 0) is 135 Å². The third kappa shape index (κ3) is 5.61. The summed E-state index contributed by atoms with van der Waals surface area (Å²) in [5.41, 5.74) is 20.2. The van der Waals surface area contributed by atoms with Crippen molar-refractivity contribution >= 4 is 44.9 Å². The molecule has 0 spiro atoms. The van der Waals surface area contributed by atoms with Gasteiger partial charge in [-0.15, -0.1) is 0 Å². The second-order valence-corrected chi connectivity index (χ2v) is 18.5. The van der Waals surface area contributed by atoms with E-state index in [-0.39, 0.29) is 10.8 Å². The molecule has 1 aliphatic heterocycles. The Morgan fingerprint density at radius 2 is 1.23 bits per heavy atom. The molecule has 60 heavy (non-hydrogen) atoms. The third-order valence-electron chi connectivity index (χ3n) is 13.9. The lowest BCUT2D eigenvalue weighted by atomic mass is 9.63. The number of hydrogen-bond donors (Lipinski definition) is 0. The molecule has 1 aromatic heterocycles. The van der Waals surface area contributed by atoms with Crippen molar-refractivity contribution in [1.29, 1.82) is 0 Å². The predicted octanol–water partition coefficient (Wildman–Crippen LogP) is 15.7. The Balaban J connectivity index is 1.02. The summed E-state index contributed by atoms with van der Waals surface area (Å²) in [7, 11) is 0. The first-order valence-electron chi connectivity index (χ1n) is 21.5. The number of allylic oxidation sites excluding steroid dienone is 4. The summed E-state index contributed by atoms with van der Waals surface area (Å²) in [6, 6.07) is 54.9. The van der Waals surface area contributed by atoms with Crippen molar-refractivity contribution < 1.29 is 0 Å². The number of para-hydroxylation sites is 1. The topological polar surface area (TPSA) is 8.17 Å². The van der Waals surface area contributed by atoms with Gasteiger partial charge in [0.25, 0.3) is 0 Å². The summed E-state index contributed by atoms with van der Waals surface area (Å²) in [6.07, 6.45) is 12.3. The summed E-state index contributed by atoms with van der Waals surface area (Å²) >= 11 is 0. The maximum absolute atomic E-state index is 3.93. The van der Waals surface area contributed by atoms with Gasteiger partial charge >= 0.3 is 0 Å². The van der Waals surface area contributed by atoms with E-state index in [1.807, 2.05) is 6.08 Å². The van der Waals surface area contributed by atoms with Crippen molar-refractivity contribution in [3.05, 3.63) is 210 Å². The number of hydrogen-bond acceptors (Lipinski definition) is 1. The summed E-state index contributed by atoms with van der Waals surface area (Å²) in [6.45, 7) is 15.8. The molecule has 0 saturated carbocycles. The number of fused-ring (bicyclic) bond motifs is 8. The molecule has 2 aliphatic carbocycles. The zero-order valence-electron chi connectivity index (χ0n) is 35.2. The van der Waals surface area contributed by atoms with Gasteiger partial charge in [0, 0.05) is 39.2 Å². The quantitative estimate of drug-likeness (QED) is 0.163. The fourth-order valence-electron chi connectivity index (χ4n) is 10.8. The Morgan fingerprint density at radius 1 is 0.600 bits per heavy atom. The Hall–Kier alpha value is -6.64. The molecule has 11 rings (SSSR count). The van der Waals surface area contributed by atoms with Gasteiger partial charge in [-0.2, -0.15) is 0 Å². The maximum atomic E-state index is 3.93. The van der Waals surface area contributed by atoms with E-state index in [0.29, 0.717) is 11.8 Å². The van der Waals surface area contributed by atoms with Crippen LogP contribution in [-0.2, 0) is 10.8 Å². The first-order valence-corrected chi connectivity index (χ1v) is 21.5. The molecule has 8 aromatic rings. The normalized spacial score (nSPS) is 17.9. The van der Waals surface area contributed by atoms with Gasteiger partial charge in [0.05, 0.1) is 16.7 Å². The van der Waals surface area contributed by atoms with Crippen LogP contribution >= 0.6 is 0 Å². The van der Waals surface area contributed by atoms with Crippen LogP contribution in [0.15, 0.2) is 176 Å². The average Bonchev–Trinajstić information content (AvgIpc) is 3.59. The highest BCUT2D eigenvalue weighted by Crippen LogP contribution is 2.51. The van der Waals surface area contributed by atoms with Crippen molar-refractivity contribution in [1.82, 2.24) is 4.57 Å². The zero-order chi connectivity index (χ0) is 40.9. The van der Waals surface area contributed by atoms with Gasteiger partial charge in [0.15, 0.2) is 0 Å². The molecule has 2 heterocycles. The summed E-state index contributed by atoms with van der Waals surface area (Å²) < 4.78 is 2.51. The molecule has 0 bridgehead atoms. The second kappa shape index (κ2) is 13.4. The van der Waals surface area contributed by atoms with Crippen LogP contribution < -0.4 is 4.90 Å². The fraction of sp³-hybridized carbons (Fsp3) is 0.172. The van der Waals surface area contributed by atoms with Crippen molar-refractivity contribution in [3.8, 4) is 27.9 Å². The molecule has 0 N–H and O–H groups in total. The molecule has 2 unspecified atom stereocenters. The number of nitrogens with zero attached hydrogens (tertiary/aromatic N) is 2. The van der Waals surface area contributed by atoms with E-state index < -0.39 is 0 Å². The van der Waals surface area contributed by atoms with E-state index in [0.717, 1.165) is 23.4 Å². The molecular weight excluding hydrogens is 725 g/mol. The summed E-state index contributed by atoms with van der Waals surface area (Å²) in [4.78, 5) is 2.43. The number of aryl methyl sites for hydroxylation is 1. The van der Waals surface area contributed by atoms with Gasteiger partial charge in [-0.3, -0.25) is 0 Å². The van der Waals surface area contributed by atoms with Gasteiger partial charge in [0.1, 0.15) is 0 Å². The van der Waals surface area contributed by atoms with Gasteiger partial charge in [0.2, 0.25) is 0 Å². The van der Waals surface area contributed by atoms with Crippen molar-refractivity contribution in [3.63, 3.8) is 0 Å². The van der Waals surface area contributed by atoms with E-state index >= 15 is 0 Å². The molecule has 7 aromatic carbocycles. The molecule has 292 valence electrons. The highest BCUT2D eigenvalue weighted by molar-refractivity contribution is 6.13. The van der Waals surface area contributed by atoms with E-state index in [1.165, 1.54) is 83.3 Å². The monoisotopic (exact) mass is 774 g/mol. The number of aromatic nitrogens is 1. The molecule has 3 aliphatic rings. The lowest BCUT2D eigenvalue weighted by molar-refractivity contribution is 0.350. The van der Waals surface area contributed by atoms with Crippen LogP contribution in [0.4, 0.5) is 17.1 Å². The second-order valence-electron chi connectivity index (χ2n) is 18.5. The minimum absolute atomic E-state index is 0.0530. The molecule has 0 fully saturated rings. The standard InChI is InChI=1S/C58H50N2/c1-7-38-16-18-39(19-17-38)40-20-25-44(26-21-40)59(46-29-30-48-47-13-9-8-12-43(47)36-57(3,4)52(48)35-46)45-27-22-41(23-28-45)42-24-31-54-49(34-42)50-32-37(2)33-53-56(50)60(54)55-15-11-10-14-51(55)58(53,5)6/h7-35,43,47H,1,36H2,2-6H3. The summed E-state index contributed by atoms with van der Waals surface area (Å²) in [5.74, 6) is 0.963. The predicted molar refractivity (Wildman–Crippen MR) is 255 cm³/mol. The van der Waals surface area contributed by atoms with Crippen LogP contribution in [0.3, 0.4) is 0 Å². The largest absolute Gasteiger partial charge is 0.310 e. The van der Waals surface area contributed by atoms with Crippen LogP contribution in [0.25, 0.3) is 55.8 Å². The SMILES string of the molecule is C=Cc1ccc(-c2ccc(N(c3ccc(-c4ccc5c(c4)c4cc(C)cc6c4n5-c4ccccc4C6(C)C)cc3)c3ccc4c(c3)C(C)(C)CC3C=CC=CC43)cc2)cc1. The Labute approximate surface area is 354 Å². The van der Waals surface area contributed by atoms with Crippen molar-refractivity contribution in [2.24, 2.45) is 5.92 Å². The minimum atomic E-state index is -0.0897.